The largest absolute Gasteiger partial charge is 0.507 e. The van der Waals surface area contributed by atoms with Gasteiger partial charge in [0.25, 0.3) is 5.19 Å². The summed E-state index contributed by atoms with van der Waals surface area (Å²) >= 11 is 1.47. The Kier molecular flexibility index (Phi) is 2.31. The molecule has 0 aliphatic carbocycles. The summed E-state index contributed by atoms with van der Waals surface area (Å²) < 4.78 is 6.12. The number of benzene rings is 1. The molecule has 4 heteroatoms. The molecule has 15 heavy (non-hydrogen) atoms. The van der Waals surface area contributed by atoms with E-state index in [9.17, 15) is 5.11 Å². The van der Waals surface area contributed by atoms with Crippen LogP contribution in [0.5, 0.6) is 10.9 Å². The number of thiazole rings is 1. The second kappa shape index (κ2) is 3.38. The van der Waals surface area contributed by atoms with Crippen LogP contribution in [0.15, 0.2) is 0 Å². The normalized spacial score (nSPS) is 10.9. The lowest BCUT2D eigenvalue weighted by molar-refractivity contribution is 0.413. The van der Waals surface area contributed by atoms with E-state index < -0.39 is 0 Å². The first kappa shape index (κ1) is 10.2. The van der Waals surface area contributed by atoms with Gasteiger partial charge in [0.2, 0.25) is 0 Å². The summed E-state index contributed by atoms with van der Waals surface area (Å²) in [7, 11) is 1.61. The minimum absolute atomic E-state index is 0.367. The molecule has 1 aromatic heterocycles. The molecule has 2 aromatic rings. The van der Waals surface area contributed by atoms with Crippen molar-refractivity contribution in [3.05, 3.63) is 16.7 Å². The number of hydrogen-bond acceptors (Lipinski definition) is 4. The topological polar surface area (TPSA) is 42.4 Å². The van der Waals surface area contributed by atoms with Crippen molar-refractivity contribution in [2.45, 2.75) is 20.8 Å². The van der Waals surface area contributed by atoms with E-state index in [1.807, 2.05) is 20.8 Å². The number of ether oxygens (including phenoxy) is 1. The van der Waals surface area contributed by atoms with E-state index in [0.717, 1.165) is 26.9 Å². The number of hydrogen-bond donors (Lipinski definition) is 1. The summed E-state index contributed by atoms with van der Waals surface area (Å²) in [6.45, 7) is 5.78. The molecular weight excluding hydrogens is 210 g/mol. The van der Waals surface area contributed by atoms with Gasteiger partial charge in [-0.2, -0.15) is 0 Å². The van der Waals surface area contributed by atoms with Crippen molar-refractivity contribution in [3.8, 4) is 10.9 Å². The average Bonchev–Trinajstić information content (AvgIpc) is 2.67. The van der Waals surface area contributed by atoms with E-state index in [0.29, 0.717) is 10.9 Å². The number of phenolic OH excluding ortho intramolecular Hbond substituents is 1. The summed E-state index contributed by atoms with van der Waals surface area (Å²) in [4.78, 5) is 4.38. The van der Waals surface area contributed by atoms with Crippen LogP contribution in [0.25, 0.3) is 10.2 Å². The second-order valence-electron chi connectivity index (χ2n) is 3.59. The number of nitrogens with zero attached hydrogens (tertiary/aromatic N) is 1. The first-order chi connectivity index (χ1) is 7.06. The van der Waals surface area contributed by atoms with Crippen LogP contribution in [0, 0.1) is 20.8 Å². The molecule has 0 spiro atoms. The first-order valence-corrected chi connectivity index (χ1v) is 5.51. The van der Waals surface area contributed by atoms with Gasteiger partial charge in [0.05, 0.1) is 17.3 Å². The van der Waals surface area contributed by atoms with Crippen molar-refractivity contribution in [1.82, 2.24) is 4.98 Å². The van der Waals surface area contributed by atoms with E-state index in [-0.39, 0.29) is 0 Å². The van der Waals surface area contributed by atoms with Crippen LogP contribution >= 0.6 is 11.3 Å². The lowest BCUT2D eigenvalue weighted by Gasteiger charge is -2.07. The number of methoxy groups -OCH3 is 1. The molecule has 1 heterocycles. The van der Waals surface area contributed by atoms with Gasteiger partial charge in [0, 0.05) is 5.56 Å². The van der Waals surface area contributed by atoms with Gasteiger partial charge < -0.3 is 9.84 Å². The van der Waals surface area contributed by atoms with E-state index in [1.165, 1.54) is 11.3 Å². The molecular formula is C11H13NO2S. The Hall–Kier alpha value is -1.29. The van der Waals surface area contributed by atoms with Gasteiger partial charge in [-0.25, -0.2) is 4.98 Å². The highest BCUT2D eigenvalue weighted by molar-refractivity contribution is 7.20. The Labute approximate surface area is 92.3 Å². The van der Waals surface area contributed by atoms with Gasteiger partial charge in [0.15, 0.2) is 0 Å². The maximum absolute atomic E-state index is 9.91. The maximum atomic E-state index is 9.91. The van der Waals surface area contributed by atoms with Gasteiger partial charge in [-0.15, -0.1) is 0 Å². The van der Waals surface area contributed by atoms with Crippen molar-refractivity contribution in [1.29, 1.82) is 0 Å². The number of aryl methyl sites for hydroxylation is 2. The fourth-order valence-electron chi connectivity index (χ4n) is 1.64. The minimum Gasteiger partial charge on any atom is -0.507 e. The van der Waals surface area contributed by atoms with E-state index >= 15 is 0 Å². The molecule has 80 valence electrons. The molecule has 0 bridgehead atoms. The van der Waals surface area contributed by atoms with Crippen LogP contribution in [0.3, 0.4) is 0 Å². The Bertz CT molecular complexity index is 486. The van der Waals surface area contributed by atoms with Crippen molar-refractivity contribution in [2.75, 3.05) is 7.11 Å². The highest BCUT2D eigenvalue weighted by Crippen LogP contribution is 2.38. The zero-order valence-corrected chi connectivity index (χ0v) is 10.0. The Morgan fingerprint density at radius 3 is 2.40 bits per heavy atom. The molecule has 0 fully saturated rings. The molecule has 0 saturated heterocycles. The number of aromatic hydroxyl groups is 1. The SMILES string of the molecule is COc1nc2c(C)c(C)c(O)c(C)c2s1. The summed E-state index contributed by atoms with van der Waals surface area (Å²) in [6, 6.07) is 0. The molecule has 0 atom stereocenters. The molecule has 0 unspecified atom stereocenters. The predicted octanol–water partition coefficient (Wildman–Crippen LogP) is 2.94. The molecule has 3 nitrogen and oxygen atoms in total. The van der Waals surface area contributed by atoms with Crippen LogP contribution in [0.2, 0.25) is 0 Å². The second-order valence-corrected chi connectivity index (χ2v) is 4.55. The number of fused-ring (bicyclic) bond motifs is 1. The van der Waals surface area contributed by atoms with Gasteiger partial charge >= 0.3 is 0 Å². The highest BCUT2D eigenvalue weighted by atomic mass is 32.1. The van der Waals surface area contributed by atoms with Crippen LogP contribution in [0.4, 0.5) is 0 Å². The van der Waals surface area contributed by atoms with Gasteiger partial charge in [-0.3, -0.25) is 0 Å². The van der Waals surface area contributed by atoms with Crippen LogP contribution in [-0.2, 0) is 0 Å². The molecule has 0 saturated carbocycles. The summed E-state index contributed by atoms with van der Waals surface area (Å²) in [5.41, 5.74) is 3.74. The molecule has 1 aromatic carbocycles. The third-order valence-electron chi connectivity index (χ3n) is 2.75. The number of phenols is 1. The van der Waals surface area contributed by atoms with Crippen molar-refractivity contribution >= 4 is 21.6 Å². The highest BCUT2D eigenvalue weighted by Gasteiger charge is 2.15. The predicted molar refractivity (Wildman–Crippen MR) is 62.0 cm³/mol. The maximum Gasteiger partial charge on any atom is 0.274 e. The lowest BCUT2D eigenvalue weighted by Crippen LogP contribution is -1.88. The fourth-order valence-corrected chi connectivity index (χ4v) is 2.58. The van der Waals surface area contributed by atoms with Gasteiger partial charge in [-0.05, 0) is 31.9 Å². The Balaban J connectivity index is 2.90. The molecule has 0 amide bonds. The van der Waals surface area contributed by atoms with Gasteiger partial charge in [-0.1, -0.05) is 11.3 Å². The number of rotatable bonds is 1. The Morgan fingerprint density at radius 2 is 1.80 bits per heavy atom. The number of aromatic nitrogens is 1. The minimum atomic E-state index is 0.367. The first-order valence-electron chi connectivity index (χ1n) is 4.69. The summed E-state index contributed by atoms with van der Waals surface area (Å²) in [6.07, 6.45) is 0. The quantitative estimate of drug-likeness (QED) is 0.808. The summed E-state index contributed by atoms with van der Waals surface area (Å²) in [5.74, 6) is 0.367. The van der Waals surface area contributed by atoms with Crippen LogP contribution in [-0.4, -0.2) is 17.2 Å². The van der Waals surface area contributed by atoms with Crippen LogP contribution in [0.1, 0.15) is 16.7 Å². The molecule has 1 N–H and O–H groups in total. The molecule has 0 aliphatic rings. The molecule has 0 aliphatic heterocycles. The average molecular weight is 223 g/mol. The Morgan fingerprint density at radius 1 is 1.13 bits per heavy atom. The zero-order chi connectivity index (χ0) is 11.2. The third-order valence-corrected chi connectivity index (χ3v) is 3.89. The smallest absolute Gasteiger partial charge is 0.274 e. The zero-order valence-electron chi connectivity index (χ0n) is 9.21. The van der Waals surface area contributed by atoms with E-state index in [1.54, 1.807) is 7.11 Å². The monoisotopic (exact) mass is 223 g/mol. The van der Waals surface area contributed by atoms with E-state index in [4.69, 9.17) is 4.74 Å². The standard InChI is InChI=1S/C11H13NO2S/c1-5-6(2)9(13)7(3)10-8(5)12-11(14-4)15-10/h13H,1-4H3. The molecule has 2 rings (SSSR count). The van der Waals surface area contributed by atoms with Crippen LogP contribution < -0.4 is 4.74 Å². The van der Waals surface area contributed by atoms with Crippen molar-refractivity contribution in [3.63, 3.8) is 0 Å². The summed E-state index contributed by atoms with van der Waals surface area (Å²) in [5, 5.41) is 10.5. The van der Waals surface area contributed by atoms with E-state index in [2.05, 4.69) is 4.98 Å². The third kappa shape index (κ3) is 1.36. The van der Waals surface area contributed by atoms with Crippen molar-refractivity contribution in [2.24, 2.45) is 0 Å². The van der Waals surface area contributed by atoms with Gasteiger partial charge in [0.1, 0.15) is 5.75 Å². The van der Waals surface area contributed by atoms with Crippen molar-refractivity contribution < 1.29 is 9.84 Å². The molecule has 0 radical (unpaired) electrons. The fraction of sp³-hybridized carbons (Fsp3) is 0.364. The lowest BCUT2D eigenvalue weighted by atomic mass is 10.0.